The zero-order chi connectivity index (χ0) is 15.4. The monoisotopic (exact) mass is 287 g/mol. The number of amidine groups is 1. The summed E-state index contributed by atoms with van der Waals surface area (Å²) in [5.41, 5.74) is 9.86. The zero-order valence-electron chi connectivity index (χ0n) is 12.0. The van der Waals surface area contributed by atoms with E-state index in [0.29, 0.717) is 12.1 Å². The molecule has 5 heteroatoms. The number of oxime groups is 1. The van der Waals surface area contributed by atoms with Crippen LogP contribution in [0.15, 0.2) is 41.6 Å². The second-order valence-corrected chi connectivity index (χ2v) is 5.06. The fraction of sp³-hybridized carbons (Fsp3) is 0.188. The van der Waals surface area contributed by atoms with Crippen LogP contribution < -0.4 is 11.1 Å². The predicted molar refractivity (Wildman–Crippen MR) is 82.2 cm³/mol. The number of nitrogens with one attached hydrogen (secondary N) is 1. The Morgan fingerprint density at radius 3 is 2.43 bits per heavy atom. The quantitative estimate of drug-likeness (QED) is 0.350. The van der Waals surface area contributed by atoms with E-state index in [1.54, 1.807) is 6.07 Å². The van der Waals surface area contributed by atoms with Gasteiger partial charge in [0.1, 0.15) is 5.82 Å². The minimum atomic E-state index is -0.420. The topological polar surface area (TPSA) is 70.6 Å². The van der Waals surface area contributed by atoms with Crippen LogP contribution in [0.5, 0.6) is 0 Å². The van der Waals surface area contributed by atoms with Gasteiger partial charge in [-0.2, -0.15) is 0 Å². The molecule has 0 saturated carbocycles. The van der Waals surface area contributed by atoms with Gasteiger partial charge >= 0.3 is 0 Å². The molecule has 0 fully saturated rings. The Bertz CT molecular complexity index is 663. The molecule has 0 aliphatic rings. The fourth-order valence-electron chi connectivity index (χ4n) is 2.24. The Morgan fingerprint density at radius 2 is 1.81 bits per heavy atom. The van der Waals surface area contributed by atoms with Gasteiger partial charge in [-0.3, -0.25) is 0 Å². The lowest BCUT2D eigenvalue weighted by Gasteiger charge is -2.10. The molecule has 0 aliphatic heterocycles. The third kappa shape index (κ3) is 3.95. The maximum absolute atomic E-state index is 13.6. The summed E-state index contributed by atoms with van der Waals surface area (Å²) in [4.78, 5) is 0. The molecule has 0 aliphatic carbocycles. The first-order chi connectivity index (χ1) is 9.97. The van der Waals surface area contributed by atoms with E-state index in [2.05, 4.69) is 16.5 Å². The van der Waals surface area contributed by atoms with Crippen LogP contribution in [-0.4, -0.2) is 11.0 Å². The molecule has 0 bridgehead atoms. The number of rotatable bonds is 4. The fourth-order valence-corrected chi connectivity index (χ4v) is 2.24. The Labute approximate surface area is 123 Å². The van der Waals surface area contributed by atoms with Crippen molar-refractivity contribution in [3.05, 3.63) is 64.5 Å². The van der Waals surface area contributed by atoms with Crippen molar-refractivity contribution in [3.63, 3.8) is 0 Å². The van der Waals surface area contributed by atoms with Gasteiger partial charge in [-0.15, -0.1) is 0 Å². The summed E-state index contributed by atoms with van der Waals surface area (Å²) in [6.45, 7) is 4.50. The molecule has 2 aromatic carbocycles. The molecule has 110 valence electrons. The van der Waals surface area contributed by atoms with Crippen molar-refractivity contribution in [2.24, 2.45) is 10.9 Å². The average Bonchev–Trinajstić information content (AvgIpc) is 2.42. The molecule has 0 spiro atoms. The third-order valence-electron chi connectivity index (χ3n) is 3.08. The second kappa shape index (κ2) is 6.26. The average molecular weight is 287 g/mol. The molecule has 2 aromatic rings. The van der Waals surface area contributed by atoms with Crippen LogP contribution in [0.2, 0.25) is 0 Å². The highest BCUT2D eigenvalue weighted by atomic mass is 19.1. The number of hydrogen-bond acceptors (Lipinski definition) is 3. The first-order valence-electron chi connectivity index (χ1n) is 6.57. The van der Waals surface area contributed by atoms with Gasteiger partial charge in [-0.25, -0.2) is 4.39 Å². The highest BCUT2D eigenvalue weighted by molar-refractivity contribution is 5.97. The van der Waals surface area contributed by atoms with E-state index < -0.39 is 5.82 Å². The normalized spacial score (nSPS) is 11.5. The minimum Gasteiger partial charge on any atom is -0.409 e. The molecular formula is C16H18FN3O. The van der Waals surface area contributed by atoms with Crippen molar-refractivity contribution in [1.29, 1.82) is 0 Å². The van der Waals surface area contributed by atoms with Crippen LogP contribution in [0.1, 0.15) is 22.3 Å². The van der Waals surface area contributed by atoms with Crippen molar-refractivity contribution in [3.8, 4) is 0 Å². The summed E-state index contributed by atoms with van der Waals surface area (Å²) < 4.78 is 13.6. The molecule has 4 nitrogen and oxygen atoms in total. The van der Waals surface area contributed by atoms with E-state index in [0.717, 1.165) is 22.4 Å². The standard InChI is InChI=1S/C16H18FN3O/c1-10-3-11(2)5-15(4-10)19-9-12-6-13(16(18)20-21)8-14(17)7-12/h3-8,19,21H,9H2,1-2H3,(H2,18,20). The van der Waals surface area contributed by atoms with Crippen LogP contribution in [-0.2, 0) is 6.54 Å². The number of aryl methyl sites for hydroxylation is 2. The molecule has 0 atom stereocenters. The molecule has 0 amide bonds. The summed E-state index contributed by atoms with van der Waals surface area (Å²) in [6.07, 6.45) is 0. The molecule has 4 N–H and O–H groups in total. The van der Waals surface area contributed by atoms with Gasteiger partial charge in [0.15, 0.2) is 5.84 Å². The van der Waals surface area contributed by atoms with Gasteiger partial charge in [0.05, 0.1) is 0 Å². The molecule has 0 radical (unpaired) electrons. The van der Waals surface area contributed by atoms with Gasteiger partial charge < -0.3 is 16.3 Å². The van der Waals surface area contributed by atoms with Crippen LogP contribution in [0.4, 0.5) is 10.1 Å². The number of benzene rings is 2. The molecule has 0 heterocycles. The summed E-state index contributed by atoms with van der Waals surface area (Å²) in [7, 11) is 0. The maximum Gasteiger partial charge on any atom is 0.170 e. The number of halogens is 1. The lowest BCUT2D eigenvalue weighted by molar-refractivity contribution is 0.318. The lowest BCUT2D eigenvalue weighted by Crippen LogP contribution is -2.14. The van der Waals surface area contributed by atoms with Crippen molar-refractivity contribution in [2.45, 2.75) is 20.4 Å². The minimum absolute atomic E-state index is 0.109. The van der Waals surface area contributed by atoms with E-state index in [1.165, 1.54) is 12.1 Å². The van der Waals surface area contributed by atoms with Crippen molar-refractivity contribution >= 4 is 11.5 Å². The lowest BCUT2D eigenvalue weighted by atomic mass is 10.1. The number of anilines is 1. The van der Waals surface area contributed by atoms with E-state index in [4.69, 9.17) is 10.9 Å². The molecule has 21 heavy (non-hydrogen) atoms. The van der Waals surface area contributed by atoms with Crippen LogP contribution in [0.25, 0.3) is 0 Å². The molecular weight excluding hydrogens is 269 g/mol. The number of hydrogen-bond donors (Lipinski definition) is 3. The van der Waals surface area contributed by atoms with E-state index in [-0.39, 0.29) is 5.84 Å². The summed E-state index contributed by atoms with van der Waals surface area (Å²) in [5, 5.41) is 14.8. The number of nitrogens with zero attached hydrogens (tertiary/aromatic N) is 1. The smallest absolute Gasteiger partial charge is 0.170 e. The first-order valence-corrected chi connectivity index (χ1v) is 6.57. The van der Waals surface area contributed by atoms with Crippen molar-refractivity contribution < 1.29 is 9.60 Å². The third-order valence-corrected chi connectivity index (χ3v) is 3.08. The second-order valence-electron chi connectivity index (χ2n) is 5.06. The van der Waals surface area contributed by atoms with E-state index in [9.17, 15) is 4.39 Å². The highest BCUT2D eigenvalue weighted by Gasteiger charge is 2.05. The Morgan fingerprint density at radius 1 is 1.14 bits per heavy atom. The van der Waals surface area contributed by atoms with Crippen LogP contribution in [0, 0.1) is 19.7 Å². The van der Waals surface area contributed by atoms with E-state index >= 15 is 0 Å². The van der Waals surface area contributed by atoms with Gasteiger partial charge in [-0.05, 0) is 60.9 Å². The molecule has 2 rings (SSSR count). The Balaban J connectivity index is 2.18. The number of nitrogens with two attached hydrogens (primary N) is 1. The van der Waals surface area contributed by atoms with Gasteiger partial charge in [0, 0.05) is 17.8 Å². The Kier molecular flexibility index (Phi) is 4.42. The maximum atomic E-state index is 13.6. The van der Waals surface area contributed by atoms with Gasteiger partial charge in [0.2, 0.25) is 0 Å². The summed E-state index contributed by atoms with van der Waals surface area (Å²) in [6, 6.07) is 10.5. The largest absolute Gasteiger partial charge is 0.409 e. The van der Waals surface area contributed by atoms with Crippen molar-refractivity contribution in [2.75, 3.05) is 5.32 Å². The zero-order valence-corrected chi connectivity index (χ0v) is 12.0. The summed E-state index contributed by atoms with van der Waals surface area (Å²) >= 11 is 0. The van der Waals surface area contributed by atoms with Gasteiger partial charge in [0.25, 0.3) is 0 Å². The molecule has 0 unspecified atom stereocenters. The molecule has 0 saturated heterocycles. The first kappa shape index (κ1) is 14.8. The van der Waals surface area contributed by atoms with Gasteiger partial charge in [-0.1, -0.05) is 11.2 Å². The van der Waals surface area contributed by atoms with E-state index in [1.807, 2.05) is 26.0 Å². The van der Waals surface area contributed by atoms with Crippen LogP contribution >= 0.6 is 0 Å². The summed E-state index contributed by atoms with van der Waals surface area (Å²) in [5.74, 6) is -0.529. The Hall–Kier alpha value is -2.56. The SMILES string of the molecule is Cc1cc(C)cc(NCc2cc(F)cc(/C(N)=N/O)c2)c1. The van der Waals surface area contributed by atoms with Crippen LogP contribution in [0.3, 0.4) is 0 Å². The highest BCUT2D eigenvalue weighted by Crippen LogP contribution is 2.16. The predicted octanol–water partition coefficient (Wildman–Crippen LogP) is 3.15. The van der Waals surface area contributed by atoms with Crippen molar-refractivity contribution in [1.82, 2.24) is 0 Å². The molecule has 0 aromatic heterocycles.